The number of nitrogens with zero attached hydrogens (tertiary/aromatic N) is 1. The van der Waals surface area contributed by atoms with Crippen molar-refractivity contribution < 1.29 is 14.3 Å². The van der Waals surface area contributed by atoms with Crippen LogP contribution in [0.4, 0.5) is 0 Å². The Morgan fingerprint density at radius 1 is 1.37 bits per heavy atom. The number of carbonyl (C=O) groups excluding carboxylic acids is 2. The fraction of sp³-hybridized carbons (Fsp3) is 0.385. The van der Waals surface area contributed by atoms with Crippen molar-refractivity contribution in [1.29, 1.82) is 0 Å². The first-order chi connectivity index (χ1) is 8.86. The molecule has 104 valence electrons. The second-order valence-electron chi connectivity index (χ2n) is 4.27. The van der Waals surface area contributed by atoms with E-state index in [1.807, 2.05) is 0 Å². The molecule has 0 aromatic heterocycles. The van der Waals surface area contributed by atoms with Crippen LogP contribution >= 0.6 is 15.9 Å². The van der Waals surface area contributed by atoms with Gasteiger partial charge in [0, 0.05) is 18.6 Å². The maximum atomic E-state index is 12.1. The molecule has 1 N–H and O–H groups in total. The Labute approximate surface area is 121 Å². The zero-order valence-electron chi connectivity index (χ0n) is 11.4. The lowest BCUT2D eigenvalue weighted by Crippen LogP contribution is -2.44. The third-order valence-electron chi connectivity index (χ3n) is 2.57. The van der Waals surface area contributed by atoms with Gasteiger partial charge in [0.2, 0.25) is 5.91 Å². The number of amides is 2. The van der Waals surface area contributed by atoms with Gasteiger partial charge in [-0.2, -0.15) is 0 Å². The molecule has 0 bridgehead atoms. The third kappa shape index (κ3) is 3.96. The van der Waals surface area contributed by atoms with Crippen LogP contribution in [0.2, 0.25) is 0 Å². The summed E-state index contributed by atoms with van der Waals surface area (Å²) in [6, 6.07) is 4.50. The molecule has 0 heterocycles. The van der Waals surface area contributed by atoms with Gasteiger partial charge < -0.3 is 15.0 Å². The molecular weight excluding hydrogens is 312 g/mol. The average Bonchev–Trinajstić information content (AvgIpc) is 2.36. The summed E-state index contributed by atoms with van der Waals surface area (Å²) in [5.41, 5.74) is 0.393. The van der Waals surface area contributed by atoms with Gasteiger partial charge in [0.05, 0.1) is 12.7 Å². The molecule has 0 fully saturated rings. The number of carbonyl (C=O) groups is 2. The smallest absolute Gasteiger partial charge is 0.255 e. The predicted octanol–water partition coefficient (Wildman–Crippen LogP) is 1.66. The van der Waals surface area contributed by atoms with E-state index >= 15 is 0 Å². The number of nitrogens with one attached hydrogen (secondary N) is 1. The van der Waals surface area contributed by atoms with E-state index in [1.54, 1.807) is 39.2 Å². The SMILES string of the molecule is COc1cc(Br)ccc1C(=O)NC(C)C(=O)N(C)C. The molecule has 0 radical (unpaired) electrons. The molecule has 5 nitrogen and oxygen atoms in total. The zero-order chi connectivity index (χ0) is 14.6. The Kier molecular flexibility index (Phi) is 5.35. The van der Waals surface area contributed by atoms with E-state index in [-0.39, 0.29) is 11.8 Å². The summed E-state index contributed by atoms with van der Waals surface area (Å²) in [4.78, 5) is 25.2. The van der Waals surface area contributed by atoms with Gasteiger partial charge in [-0.3, -0.25) is 9.59 Å². The number of benzene rings is 1. The van der Waals surface area contributed by atoms with Crippen LogP contribution in [0, 0.1) is 0 Å². The number of hydrogen-bond acceptors (Lipinski definition) is 3. The van der Waals surface area contributed by atoms with Crippen LogP contribution in [0.5, 0.6) is 5.75 Å². The second-order valence-corrected chi connectivity index (χ2v) is 5.19. The van der Waals surface area contributed by atoms with E-state index in [4.69, 9.17) is 4.74 Å². The topological polar surface area (TPSA) is 58.6 Å². The molecule has 1 aromatic carbocycles. The van der Waals surface area contributed by atoms with Gasteiger partial charge in [-0.05, 0) is 25.1 Å². The lowest BCUT2D eigenvalue weighted by molar-refractivity contribution is -0.130. The summed E-state index contributed by atoms with van der Waals surface area (Å²) in [6.45, 7) is 1.64. The van der Waals surface area contributed by atoms with Crippen molar-refractivity contribution in [2.75, 3.05) is 21.2 Å². The Balaban J connectivity index is 2.87. The van der Waals surface area contributed by atoms with Crippen molar-refractivity contribution in [3.05, 3.63) is 28.2 Å². The van der Waals surface area contributed by atoms with Crippen molar-refractivity contribution >= 4 is 27.7 Å². The monoisotopic (exact) mass is 328 g/mol. The number of hydrogen-bond donors (Lipinski definition) is 1. The van der Waals surface area contributed by atoms with Gasteiger partial charge in [0.15, 0.2) is 0 Å². The first-order valence-corrected chi connectivity index (χ1v) is 6.51. The molecule has 0 saturated carbocycles. The summed E-state index contributed by atoms with van der Waals surface area (Å²) >= 11 is 3.31. The molecule has 1 atom stereocenters. The molecule has 1 unspecified atom stereocenters. The van der Waals surface area contributed by atoms with Crippen LogP contribution in [0.3, 0.4) is 0 Å². The Bertz CT molecular complexity index is 489. The van der Waals surface area contributed by atoms with Crippen molar-refractivity contribution in [1.82, 2.24) is 10.2 Å². The summed E-state index contributed by atoms with van der Waals surface area (Å²) < 4.78 is 5.97. The first-order valence-electron chi connectivity index (χ1n) is 5.72. The molecule has 0 aliphatic rings. The number of rotatable bonds is 4. The van der Waals surface area contributed by atoms with Crippen LogP contribution in [0.1, 0.15) is 17.3 Å². The minimum absolute atomic E-state index is 0.163. The summed E-state index contributed by atoms with van der Waals surface area (Å²) in [6.07, 6.45) is 0. The molecule has 0 aliphatic heterocycles. The number of halogens is 1. The number of ether oxygens (including phenoxy) is 1. The van der Waals surface area contributed by atoms with E-state index in [0.717, 1.165) is 4.47 Å². The molecule has 1 aromatic rings. The fourth-order valence-electron chi connectivity index (χ4n) is 1.58. The molecule has 19 heavy (non-hydrogen) atoms. The highest BCUT2D eigenvalue weighted by atomic mass is 79.9. The zero-order valence-corrected chi connectivity index (χ0v) is 12.9. The van der Waals surface area contributed by atoms with Gasteiger partial charge in [-0.25, -0.2) is 0 Å². The van der Waals surface area contributed by atoms with Crippen LogP contribution in [-0.4, -0.2) is 44.0 Å². The van der Waals surface area contributed by atoms with E-state index in [2.05, 4.69) is 21.2 Å². The first kappa shape index (κ1) is 15.5. The molecule has 0 spiro atoms. The van der Waals surface area contributed by atoms with E-state index in [1.165, 1.54) is 12.0 Å². The second kappa shape index (κ2) is 6.56. The lowest BCUT2D eigenvalue weighted by Gasteiger charge is -2.18. The molecule has 1 rings (SSSR count). The summed E-state index contributed by atoms with van der Waals surface area (Å²) in [5, 5.41) is 2.65. The standard InChI is InChI=1S/C13H17BrN2O3/c1-8(13(18)16(2)3)15-12(17)10-6-5-9(14)7-11(10)19-4/h5-8H,1-4H3,(H,15,17). The summed E-state index contributed by atoms with van der Waals surface area (Å²) in [7, 11) is 4.78. The van der Waals surface area contributed by atoms with Gasteiger partial charge >= 0.3 is 0 Å². The molecular formula is C13H17BrN2O3. The van der Waals surface area contributed by atoms with Crippen molar-refractivity contribution in [3.63, 3.8) is 0 Å². The van der Waals surface area contributed by atoms with Crippen molar-refractivity contribution in [2.24, 2.45) is 0 Å². The largest absolute Gasteiger partial charge is 0.496 e. The number of likely N-dealkylation sites (N-methyl/N-ethyl adjacent to an activating group) is 1. The predicted molar refractivity (Wildman–Crippen MR) is 76.3 cm³/mol. The Hall–Kier alpha value is -1.56. The number of methoxy groups -OCH3 is 1. The van der Waals surface area contributed by atoms with E-state index in [0.29, 0.717) is 11.3 Å². The van der Waals surface area contributed by atoms with Crippen molar-refractivity contribution in [3.8, 4) is 5.75 Å². The Morgan fingerprint density at radius 2 is 2.00 bits per heavy atom. The molecule has 0 saturated heterocycles. The maximum absolute atomic E-state index is 12.1. The minimum atomic E-state index is -0.587. The molecule has 2 amide bonds. The average molecular weight is 329 g/mol. The van der Waals surface area contributed by atoms with E-state index < -0.39 is 6.04 Å². The quantitative estimate of drug-likeness (QED) is 0.914. The normalized spacial score (nSPS) is 11.6. The van der Waals surface area contributed by atoms with Gasteiger partial charge in [-0.15, -0.1) is 0 Å². The van der Waals surface area contributed by atoms with Gasteiger partial charge in [0.25, 0.3) is 5.91 Å². The van der Waals surface area contributed by atoms with Crippen LogP contribution in [-0.2, 0) is 4.79 Å². The van der Waals surface area contributed by atoms with Crippen molar-refractivity contribution in [2.45, 2.75) is 13.0 Å². The highest BCUT2D eigenvalue weighted by molar-refractivity contribution is 9.10. The highest BCUT2D eigenvalue weighted by Crippen LogP contribution is 2.23. The van der Waals surface area contributed by atoms with E-state index in [9.17, 15) is 9.59 Å². The van der Waals surface area contributed by atoms with Gasteiger partial charge in [0.1, 0.15) is 11.8 Å². The van der Waals surface area contributed by atoms with Crippen LogP contribution in [0.25, 0.3) is 0 Å². The Morgan fingerprint density at radius 3 is 2.53 bits per heavy atom. The molecule has 6 heteroatoms. The minimum Gasteiger partial charge on any atom is -0.496 e. The maximum Gasteiger partial charge on any atom is 0.255 e. The fourth-order valence-corrected chi connectivity index (χ4v) is 1.92. The lowest BCUT2D eigenvalue weighted by atomic mass is 10.1. The third-order valence-corrected chi connectivity index (χ3v) is 3.06. The van der Waals surface area contributed by atoms with Crippen LogP contribution < -0.4 is 10.1 Å². The molecule has 0 aliphatic carbocycles. The highest BCUT2D eigenvalue weighted by Gasteiger charge is 2.20. The van der Waals surface area contributed by atoms with Crippen LogP contribution in [0.15, 0.2) is 22.7 Å². The van der Waals surface area contributed by atoms with Gasteiger partial charge in [-0.1, -0.05) is 15.9 Å². The summed E-state index contributed by atoms with van der Waals surface area (Å²) in [5.74, 6) is -0.0483.